The normalized spacial score (nSPS) is 11.1. The van der Waals surface area contributed by atoms with Crippen molar-refractivity contribution in [1.82, 2.24) is 5.32 Å². The number of nitro benzene ring substituents is 1. The van der Waals surface area contributed by atoms with Crippen LogP contribution in [0.3, 0.4) is 0 Å². The van der Waals surface area contributed by atoms with Gasteiger partial charge in [0.05, 0.1) is 22.2 Å². The molecule has 8 nitrogen and oxygen atoms in total. The lowest BCUT2D eigenvalue weighted by atomic mass is 10.1. The first-order valence-corrected chi connectivity index (χ1v) is 9.44. The molecule has 2 aromatic rings. The number of aliphatic hydroxyl groups is 1. The van der Waals surface area contributed by atoms with E-state index in [9.17, 15) is 23.3 Å². The van der Waals surface area contributed by atoms with E-state index in [0.29, 0.717) is 13.0 Å². The SMILES string of the molecule is O=C(NCCc1ccc(S(=O)(=O)CCO)cc1)c1cccc([N+](=O)[O-])c1. The predicted octanol–water partition coefficient (Wildman–Crippen LogP) is 1.33. The topological polar surface area (TPSA) is 127 Å². The summed E-state index contributed by atoms with van der Waals surface area (Å²) in [6.07, 6.45) is 0.473. The highest BCUT2D eigenvalue weighted by Gasteiger charge is 2.13. The molecule has 0 atom stereocenters. The molecule has 26 heavy (non-hydrogen) atoms. The molecule has 0 saturated heterocycles. The van der Waals surface area contributed by atoms with Crippen molar-refractivity contribution in [3.8, 4) is 0 Å². The van der Waals surface area contributed by atoms with Crippen LogP contribution in [0.4, 0.5) is 5.69 Å². The first-order chi connectivity index (χ1) is 12.3. The van der Waals surface area contributed by atoms with Crippen LogP contribution in [0, 0.1) is 10.1 Å². The van der Waals surface area contributed by atoms with Crippen molar-refractivity contribution in [2.24, 2.45) is 0 Å². The van der Waals surface area contributed by atoms with Gasteiger partial charge in [0.2, 0.25) is 0 Å². The lowest BCUT2D eigenvalue weighted by molar-refractivity contribution is -0.384. The Morgan fingerprint density at radius 2 is 1.85 bits per heavy atom. The van der Waals surface area contributed by atoms with E-state index in [2.05, 4.69) is 5.32 Å². The van der Waals surface area contributed by atoms with Crippen LogP contribution >= 0.6 is 0 Å². The maximum absolute atomic E-state index is 12.0. The van der Waals surface area contributed by atoms with Gasteiger partial charge in [0.15, 0.2) is 9.84 Å². The van der Waals surface area contributed by atoms with Crippen LogP contribution < -0.4 is 5.32 Å². The van der Waals surface area contributed by atoms with Crippen molar-refractivity contribution >= 4 is 21.4 Å². The van der Waals surface area contributed by atoms with Crippen molar-refractivity contribution in [3.63, 3.8) is 0 Å². The molecule has 1 amide bonds. The van der Waals surface area contributed by atoms with E-state index in [1.807, 2.05) is 0 Å². The van der Waals surface area contributed by atoms with E-state index in [1.54, 1.807) is 12.1 Å². The van der Waals surface area contributed by atoms with E-state index in [-0.39, 0.29) is 21.9 Å². The molecule has 0 aliphatic rings. The summed E-state index contributed by atoms with van der Waals surface area (Å²) in [5.41, 5.74) is 0.870. The van der Waals surface area contributed by atoms with E-state index in [4.69, 9.17) is 5.11 Å². The van der Waals surface area contributed by atoms with Crippen molar-refractivity contribution in [1.29, 1.82) is 0 Å². The highest BCUT2D eigenvalue weighted by molar-refractivity contribution is 7.91. The fourth-order valence-electron chi connectivity index (χ4n) is 2.28. The molecule has 0 saturated carbocycles. The van der Waals surface area contributed by atoms with Crippen LogP contribution in [-0.2, 0) is 16.3 Å². The second-order valence-electron chi connectivity index (χ2n) is 5.50. The quantitative estimate of drug-likeness (QED) is 0.527. The Hall–Kier alpha value is -2.78. The van der Waals surface area contributed by atoms with Gasteiger partial charge >= 0.3 is 0 Å². The van der Waals surface area contributed by atoms with Gasteiger partial charge in [-0.3, -0.25) is 14.9 Å². The van der Waals surface area contributed by atoms with E-state index >= 15 is 0 Å². The van der Waals surface area contributed by atoms with Crippen LogP contribution in [0.1, 0.15) is 15.9 Å². The number of hydrogen-bond acceptors (Lipinski definition) is 6. The first kappa shape index (κ1) is 19.5. The van der Waals surface area contributed by atoms with Gasteiger partial charge in [-0.25, -0.2) is 8.42 Å². The van der Waals surface area contributed by atoms with Crippen LogP contribution in [0.5, 0.6) is 0 Å². The number of aliphatic hydroxyl groups excluding tert-OH is 1. The van der Waals surface area contributed by atoms with Crippen molar-refractivity contribution in [2.75, 3.05) is 18.9 Å². The minimum absolute atomic E-state index is 0.135. The minimum atomic E-state index is -3.48. The minimum Gasteiger partial charge on any atom is -0.395 e. The van der Waals surface area contributed by atoms with Crippen LogP contribution in [0.25, 0.3) is 0 Å². The van der Waals surface area contributed by atoms with E-state index in [1.165, 1.54) is 36.4 Å². The third kappa shape index (κ3) is 5.11. The first-order valence-electron chi connectivity index (χ1n) is 7.79. The molecule has 0 aromatic heterocycles. The highest BCUT2D eigenvalue weighted by atomic mass is 32.2. The molecule has 0 aliphatic carbocycles. The molecule has 0 bridgehead atoms. The van der Waals surface area contributed by atoms with Gasteiger partial charge < -0.3 is 10.4 Å². The fourth-order valence-corrected chi connectivity index (χ4v) is 3.31. The molecule has 0 aliphatic heterocycles. The number of benzene rings is 2. The summed E-state index contributed by atoms with van der Waals surface area (Å²) in [7, 11) is -3.48. The summed E-state index contributed by atoms with van der Waals surface area (Å²) in [4.78, 5) is 22.3. The second kappa shape index (κ2) is 8.54. The maximum Gasteiger partial charge on any atom is 0.270 e. The number of rotatable bonds is 8. The van der Waals surface area contributed by atoms with Gasteiger partial charge in [-0.2, -0.15) is 0 Å². The predicted molar refractivity (Wildman–Crippen MR) is 94.7 cm³/mol. The monoisotopic (exact) mass is 378 g/mol. The number of nitro groups is 1. The lowest BCUT2D eigenvalue weighted by Gasteiger charge is -2.07. The molecular formula is C17H18N2O6S. The Kier molecular flexibility index (Phi) is 6.42. The van der Waals surface area contributed by atoms with Crippen LogP contribution in [0.2, 0.25) is 0 Å². The summed E-state index contributed by atoms with van der Waals surface area (Å²) < 4.78 is 23.6. The zero-order valence-corrected chi connectivity index (χ0v) is 14.6. The number of carbonyl (C=O) groups excluding carboxylic acids is 1. The molecule has 0 unspecified atom stereocenters. The number of amides is 1. The molecule has 2 N–H and O–H groups in total. The third-order valence-corrected chi connectivity index (χ3v) is 5.37. The number of nitrogens with zero attached hydrogens (tertiary/aromatic N) is 1. The average molecular weight is 378 g/mol. The molecule has 2 rings (SSSR count). The Morgan fingerprint density at radius 1 is 1.15 bits per heavy atom. The van der Waals surface area contributed by atoms with Gasteiger partial charge in [0, 0.05) is 24.2 Å². The number of carbonyl (C=O) groups is 1. The molecule has 138 valence electrons. The third-order valence-electron chi connectivity index (χ3n) is 3.66. The summed E-state index contributed by atoms with van der Waals surface area (Å²) in [5.74, 6) is -0.748. The Labute approximate surface area is 150 Å². The number of nitrogens with one attached hydrogen (secondary N) is 1. The summed E-state index contributed by atoms with van der Waals surface area (Å²) in [6.45, 7) is -0.141. The summed E-state index contributed by atoms with van der Waals surface area (Å²) in [6, 6.07) is 11.7. The maximum atomic E-state index is 12.0. The summed E-state index contributed by atoms with van der Waals surface area (Å²) >= 11 is 0. The average Bonchev–Trinajstić information content (AvgIpc) is 2.62. The molecule has 0 heterocycles. The van der Waals surface area contributed by atoms with Gasteiger partial charge in [-0.1, -0.05) is 18.2 Å². The van der Waals surface area contributed by atoms with Crippen LogP contribution in [0.15, 0.2) is 53.4 Å². The fraction of sp³-hybridized carbons (Fsp3) is 0.235. The molecule has 0 radical (unpaired) electrons. The summed E-state index contributed by atoms with van der Waals surface area (Å²) in [5, 5.41) is 22.2. The molecule has 9 heteroatoms. The smallest absolute Gasteiger partial charge is 0.270 e. The Bertz CT molecular complexity index is 894. The number of non-ortho nitro benzene ring substituents is 1. The van der Waals surface area contributed by atoms with E-state index < -0.39 is 27.3 Å². The number of hydrogen-bond donors (Lipinski definition) is 2. The zero-order chi connectivity index (χ0) is 19.2. The largest absolute Gasteiger partial charge is 0.395 e. The van der Waals surface area contributed by atoms with Crippen molar-refractivity contribution < 1.29 is 23.2 Å². The molecule has 0 fully saturated rings. The molecular weight excluding hydrogens is 360 g/mol. The van der Waals surface area contributed by atoms with Gasteiger partial charge in [0.25, 0.3) is 11.6 Å². The second-order valence-corrected chi connectivity index (χ2v) is 7.61. The van der Waals surface area contributed by atoms with Crippen molar-refractivity contribution in [2.45, 2.75) is 11.3 Å². The van der Waals surface area contributed by atoms with Crippen molar-refractivity contribution in [3.05, 3.63) is 69.8 Å². The van der Waals surface area contributed by atoms with Gasteiger partial charge in [-0.05, 0) is 30.2 Å². The van der Waals surface area contributed by atoms with E-state index in [0.717, 1.165) is 5.56 Å². The molecule has 2 aromatic carbocycles. The van der Waals surface area contributed by atoms with Crippen LogP contribution in [-0.4, -0.2) is 43.3 Å². The lowest BCUT2D eigenvalue weighted by Crippen LogP contribution is -2.25. The molecule has 0 spiro atoms. The van der Waals surface area contributed by atoms with Gasteiger partial charge in [-0.15, -0.1) is 0 Å². The van der Waals surface area contributed by atoms with Gasteiger partial charge in [0.1, 0.15) is 0 Å². The highest BCUT2D eigenvalue weighted by Crippen LogP contribution is 2.14. The zero-order valence-electron chi connectivity index (χ0n) is 13.8. The Balaban J connectivity index is 1.92. The Morgan fingerprint density at radius 3 is 2.46 bits per heavy atom. The standard InChI is InChI=1S/C17H18N2O6S/c20-10-11-26(24,25)16-6-4-13(5-7-16)8-9-18-17(21)14-2-1-3-15(12-14)19(22)23/h1-7,12,20H,8-11H2,(H,18,21). The number of sulfone groups is 1.